The van der Waals surface area contributed by atoms with E-state index in [1.807, 2.05) is 0 Å². The Bertz CT molecular complexity index is 1820. The smallest absolute Gasteiger partial charge is 0.462 e. The van der Waals surface area contributed by atoms with Gasteiger partial charge in [0.2, 0.25) is 0 Å². The molecule has 0 aromatic rings. The first-order valence-electron chi connectivity index (χ1n) is 37.7. The number of carbonyl (C=O) groups is 4. The summed E-state index contributed by atoms with van der Waals surface area (Å²) in [5, 5.41) is 10.6. The molecule has 0 aromatic heterocycles. The van der Waals surface area contributed by atoms with Gasteiger partial charge in [-0.2, -0.15) is 0 Å². The van der Waals surface area contributed by atoms with E-state index in [1.165, 1.54) is 161 Å². The van der Waals surface area contributed by atoms with Gasteiger partial charge in [-0.05, 0) is 49.4 Å². The Hall–Kier alpha value is -1.94. The number of esters is 4. The van der Waals surface area contributed by atoms with Crippen molar-refractivity contribution in [3.05, 3.63) is 0 Å². The van der Waals surface area contributed by atoms with Crippen molar-refractivity contribution in [1.29, 1.82) is 0 Å². The Morgan fingerprint density at radius 1 is 0.304 bits per heavy atom. The predicted octanol–water partition coefficient (Wildman–Crippen LogP) is 20.9. The summed E-state index contributed by atoms with van der Waals surface area (Å²) >= 11 is 0. The third-order valence-corrected chi connectivity index (χ3v) is 19.1. The van der Waals surface area contributed by atoms with Crippen LogP contribution in [-0.2, 0) is 65.4 Å². The molecule has 0 bridgehead atoms. The average Bonchev–Trinajstić information content (AvgIpc) is 3.23. The van der Waals surface area contributed by atoms with Crippen LogP contribution in [0.25, 0.3) is 0 Å². The molecule has 0 rings (SSSR count). The van der Waals surface area contributed by atoms with Crippen molar-refractivity contribution in [1.82, 2.24) is 0 Å². The van der Waals surface area contributed by atoms with Crippen LogP contribution in [0.4, 0.5) is 0 Å². The zero-order chi connectivity index (χ0) is 68.2. The Balaban J connectivity index is 5.26. The Kier molecular flexibility index (Phi) is 61.3. The van der Waals surface area contributed by atoms with E-state index in [2.05, 4.69) is 55.4 Å². The van der Waals surface area contributed by atoms with Crippen LogP contribution in [0.2, 0.25) is 0 Å². The number of hydrogen-bond donors (Lipinski definition) is 3. The van der Waals surface area contributed by atoms with E-state index in [0.717, 1.165) is 114 Å². The van der Waals surface area contributed by atoms with Crippen LogP contribution in [0, 0.1) is 23.7 Å². The highest BCUT2D eigenvalue weighted by Crippen LogP contribution is 2.45. The summed E-state index contributed by atoms with van der Waals surface area (Å²) in [5.41, 5.74) is 0. The molecule has 3 N–H and O–H groups in total. The minimum atomic E-state index is -4.95. The Labute approximate surface area is 562 Å². The Morgan fingerprint density at radius 3 is 0.772 bits per heavy atom. The summed E-state index contributed by atoms with van der Waals surface area (Å²) in [6.07, 6.45) is 45.8. The van der Waals surface area contributed by atoms with Gasteiger partial charge in [0.15, 0.2) is 12.2 Å². The van der Waals surface area contributed by atoms with Gasteiger partial charge in [-0.25, -0.2) is 9.13 Å². The minimum absolute atomic E-state index is 0.105. The molecular weight excluding hydrogens is 1210 g/mol. The van der Waals surface area contributed by atoms with E-state index in [1.54, 1.807) is 0 Å². The van der Waals surface area contributed by atoms with Gasteiger partial charge < -0.3 is 33.8 Å². The molecule has 17 nitrogen and oxygen atoms in total. The van der Waals surface area contributed by atoms with Crippen LogP contribution in [0.1, 0.15) is 364 Å². The molecule has 19 heteroatoms. The van der Waals surface area contributed by atoms with Crippen LogP contribution in [0.5, 0.6) is 0 Å². The molecule has 0 aromatic carbocycles. The zero-order valence-corrected chi connectivity index (χ0v) is 62.0. The third kappa shape index (κ3) is 65.4. The first kappa shape index (κ1) is 90.1. The van der Waals surface area contributed by atoms with Crippen molar-refractivity contribution in [2.24, 2.45) is 23.7 Å². The molecule has 0 saturated heterocycles. The number of carbonyl (C=O) groups excluding carboxylic acids is 4. The number of hydrogen-bond acceptors (Lipinski definition) is 15. The maximum absolute atomic E-state index is 13.0. The largest absolute Gasteiger partial charge is 0.472 e. The number of aliphatic hydroxyl groups is 1. The van der Waals surface area contributed by atoms with Crippen LogP contribution < -0.4 is 0 Å². The van der Waals surface area contributed by atoms with Gasteiger partial charge in [-0.3, -0.25) is 37.3 Å². The molecule has 546 valence electrons. The highest BCUT2D eigenvalue weighted by atomic mass is 31.2. The minimum Gasteiger partial charge on any atom is -0.462 e. The van der Waals surface area contributed by atoms with E-state index in [4.69, 9.17) is 37.0 Å². The van der Waals surface area contributed by atoms with Gasteiger partial charge in [-0.1, -0.05) is 312 Å². The maximum Gasteiger partial charge on any atom is 0.472 e. The molecule has 0 heterocycles. The second kappa shape index (κ2) is 62.6. The quantitative estimate of drug-likeness (QED) is 0.0222. The van der Waals surface area contributed by atoms with Crippen molar-refractivity contribution >= 4 is 39.5 Å². The third-order valence-electron chi connectivity index (χ3n) is 17.2. The SMILES string of the molecule is CCC(C)CCCCCCCCCCC(=O)OC[C@H](COP(=O)(O)OCC(O)COP(=O)(O)OC[C@@H](COC(=O)CCCCCCCCCC(C)C)OC(=O)CCCCCCCCCCCCCCCC(C)C)OC(=O)CCCCCCCCCCCCCC(C)C. The summed E-state index contributed by atoms with van der Waals surface area (Å²) in [7, 11) is -9.91. The van der Waals surface area contributed by atoms with Crippen molar-refractivity contribution in [3.63, 3.8) is 0 Å². The molecule has 0 aliphatic rings. The first-order valence-corrected chi connectivity index (χ1v) is 40.7. The molecular formula is C73H142O17P2. The van der Waals surface area contributed by atoms with Gasteiger partial charge in [0.05, 0.1) is 26.4 Å². The molecule has 0 saturated carbocycles. The van der Waals surface area contributed by atoms with Crippen LogP contribution in [0.15, 0.2) is 0 Å². The lowest BCUT2D eigenvalue weighted by Gasteiger charge is -2.21. The molecule has 0 radical (unpaired) electrons. The lowest BCUT2D eigenvalue weighted by Crippen LogP contribution is -2.30. The molecule has 0 amide bonds. The summed E-state index contributed by atoms with van der Waals surface area (Å²) in [6.45, 7) is 14.1. The lowest BCUT2D eigenvalue weighted by molar-refractivity contribution is -0.161. The number of ether oxygens (including phenoxy) is 4. The van der Waals surface area contributed by atoms with E-state index < -0.39 is 97.5 Å². The van der Waals surface area contributed by atoms with E-state index in [0.29, 0.717) is 31.6 Å². The van der Waals surface area contributed by atoms with Gasteiger partial charge >= 0.3 is 39.5 Å². The van der Waals surface area contributed by atoms with Crippen molar-refractivity contribution in [2.75, 3.05) is 39.6 Å². The predicted molar refractivity (Wildman–Crippen MR) is 372 cm³/mol. The van der Waals surface area contributed by atoms with E-state index in [9.17, 15) is 43.2 Å². The van der Waals surface area contributed by atoms with E-state index in [-0.39, 0.29) is 25.7 Å². The van der Waals surface area contributed by atoms with Gasteiger partial charge in [0, 0.05) is 25.7 Å². The number of rotatable bonds is 70. The first-order chi connectivity index (χ1) is 44.1. The van der Waals surface area contributed by atoms with Crippen LogP contribution in [-0.4, -0.2) is 96.7 Å². The summed E-state index contributed by atoms with van der Waals surface area (Å²) in [6, 6.07) is 0. The molecule has 4 unspecified atom stereocenters. The van der Waals surface area contributed by atoms with Crippen molar-refractivity contribution in [2.45, 2.75) is 382 Å². The van der Waals surface area contributed by atoms with Crippen molar-refractivity contribution in [3.8, 4) is 0 Å². The van der Waals surface area contributed by atoms with E-state index >= 15 is 0 Å². The Morgan fingerprint density at radius 2 is 0.522 bits per heavy atom. The summed E-state index contributed by atoms with van der Waals surface area (Å²) < 4.78 is 68.4. The summed E-state index contributed by atoms with van der Waals surface area (Å²) in [5.74, 6) is 0.909. The zero-order valence-electron chi connectivity index (χ0n) is 60.2. The fourth-order valence-electron chi connectivity index (χ4n) is 11.0. The van der Waals surface area contributed by atoms with Gasteiger partial charge in [-0.15, -0.1) is 0 Å². The van der Waals surface area contributed by atoms with Crippen LogP contribution >= 0.6 is 15.6 Å². The second-order valence-corrected chi connectivity index (χ2v) is 30.9. The molecule has 92 heavy (non-hydrogen) atoms. The number of phosphoric acid groups is 2. The summed E-state index contributed by atoms with van der Waals surface area (Å²) in [4.78, 5) is 72.7. The number of phosphoric ester groups is 2. The normalized spacial score (nSPS) is 14.5. The van der Waals surface area contributed by atoms with Crippen LogP contribution in [0.3, 0.4) is 0 Å². The standard InChI is InChI=1S/C73H142O17P2/c1-9-66(8)52-44-36-28-22-23-29-37-45-53-70(75)83-59-68(89-73(78)56-48-40-31-21-17-13-15-19-26-34-42-50-64(4)5)61-87-91(79,80)85-57-67(74)58-86-92(81,82)88-62-69(60-84-71(76)54-46-38-32-24-27-35-43-51-65(6)7)90-72(77)55-47-39-30-20-16-12-10-11-14-18-25-33-41-49-63(2)3/h63-69,74H,9-62H2,1-8H3,(H,79,80)(H,81,82)/t66?,67?,68-,69-/m1/s1. The highest BCUT2D eigenvalue weighted by Gasteiger charge is 2.30. The van der Waals surface area contributed by atoms with Crippen molar-refractivity contribution < 1.29 is 80.2 Å². The number of unbranched alkanes of at least 4 members (excludes halogenated alkanes) is 35. The molecule has 0 fully saturated rings. The fourth-order valence-corrected chi connectivity index (χ4v) is 12.6. The monoisotopic (exact) mass is 1350 g/mol. The molecule has 0 aliphatic heterocycles. The second-order valence-electron chi connectivity index (χ2n) is 28.0. The molecule has 0 aliphatic carbocycles. The van der Waals surface area contributed by atoms with Gasteiger partial charge in [0.25, 0.3) is 0 Å². The molecule has 0 spiro atoms. The number of aliphatic hydroxyl groups excluding tert-OH is 1. The van der Waals surface area contributed by atoms with Gasteiger partial charge in [0.1, 0.15) is 19.3 Å². The fraction of sp³-hybridized carbons (Fsp3) is 0.945. The topological polar surface area (TPSA) is 237 Å². The molecule has 6 atom stereocenters. The lowest BCUT2D eigenvalue weighted by atomic mass is 9.99. The average molecular weight is 1350 g/mol. The maximum atomic E-state index is 13.0. The highest BCUT2D eigenvalue weighted by molar-refractivity contribution is 7.47.